The summed E-state index contributed by atoms with van der Waals surface area (Å²) >= 11 is 12.7. The predicted octanol–water partition coefficient (Wildman–Crippen LogP) is 5.19. The lowest BCUT2D eigenvalue weighted by molar-refractivity contribution is 0.254. The Morgan fingerprint density at radius 1 is 1.25 bits per heavy atom. The van der Waals surface area contributed by atoms with Crippen LogP contribution in [0.1, 0.15) is 29.0 Å². The summed E-state index contributed by atoms with van der Waals surface area (Å²) in [5, 5.41) is 0.701. The van der Waals surface area contributed by atoms with Crippen LogP contribution in [0, 0.1) is 0 Å². The van der Waals surface area contributed by atoms with Gasteiger partial charge in [-0.15, -0.1) is 11.6 Å². The van der Waals surface area contributed by atoms with Crippen molar-refractivity contribution in [3.63, 3.8) is 0 Å². The summed E-state index contributed by atoms with van der Waals surface area (Å²) in [7, 11) is 0. The third-order valence-corrected chi connectivity index (χ3v) is 4.41. The van der Waals surface area contributed by atoms with Crippen LogP contribution in [0.3, 0.4) is 0 Å². The van der Waals surface area contributed by atoms with Crippen LogP contribution in [0.4, 0.5) is 0 Å². The van der Waals surface area contributed by atoms with Crippen LogP contribution in [-0.2, 0) is 12.8 Å². The van der Waals surface area contributed by atoms with Crippen LogP contribution in [0.5, 0.6) is 5.75 Å². The standard InChI is InChI=1S/C17H16Cl2O/c1-11-8-14-9-13(6-7-17(14)20-11)16(19)10-12-4-2-3-5-15(12)18/h2-7,9,11,16H,8,10H2,1H3. The van der Waals surface area contributed by atoms with E-state index in [-0.39, 0.29) is 11.5 Å². The first-order chi connectivity index (χ1) is 9.63. The third-order valence-electron chi connectivity index (χ3n) is 3.64. The molecule has 0 amide bonds. The summed E-state index contributed by atoms with van der Waals surface area (Å²) in [4.78, 5) is 0. The molecule has 0 aromatic heterocycles. The normalized spacial score (nSPS) is 18.4. The minimum Gasteiger partial charge on any atom is -0.490 e. The SMILES string of the molecule is CC1Cc2cc(C(Cl)Cc3ccccc3Cl)ccc2O1. The molecule has 104 valence electrons. The predicted molar refractivity (Wildman–Crippen MR) is 84.0 cm³/mol. The first kappa shape index (κ1) is 13.8. The smallest absolute Gasteiger partial charge is 0.123 e. The van der Waals surface area contributed by atoms with Crippen LogP contribution in [0.15, 0.2) is 42.5 Å². The van der Waals surface area contributed by atoms with Gasteiger partial charge in [-0.1, -0.05) is 41.9 Å². The Labute approximate surface area is 129 Å². The second-order valence-electron chi connectivity index (χ2n) is 5.26. The molecule has 0 radical (unpaired) electrons. The molecule has 0 N–H and O–H groups in total. The second kappa shape index (κ2) is 5.67. The highest BCUT2D eigenvalue weighted by Gasteiger charge is 2.20. The molecule has 20 heavy (non-hydrogen) atoms. The molecular weight excluding hydrogens is 291 g/mol. The third kappa shape index (κ3) is 2.79. The maximum atomic E-state index is 6.55. The summed E-state index contributed by atoms with van der Waals surface area (Å²) in [6.07, 6.45) is 1.95. The fourth-order valence-corrected chi connectivity index (χ4v) is 3.13. The molecule has 0 saturated carbocycles. The van der Waals surface area contributed by atoms with E-state index >= 15 is 0 Å². The molecule has 0 fully saturated rings. The minimum absolute atomic E-state index is 0.0730. The second-order valence-corrected chi connectivity index (χ2v) is 6.20. The summed E-state index contributed by atoms with van der Waals surface area (Å²) in [6.45, 7) is 2.08. The fourth-order valence-electron chi connectivity index (χ4n) is 2.61. The van der Waals surface area contributed by atoms with Gasteiger partial charge in [0.1, 0.15) is 11.9 Å². The van der Waals surface area contributed by atoms with Gasteiger partial charge in [-0.3, -0.25) is 0 Å². The molecule has 3 heteroatoms. The lowest BCUT2D eigenvalue weighted by Gasteiger charge is -2.12. The lowest BCUT2D eigenvalue weighted by Crippen LogP contribution is -2.05. The van der Waals surface area contributed by atoms with Gasteiger partial charge in [0.25, 0.3) is 0 Å². The van der Waals surface area contributed by atoms with Crippen LogP contribution >= 0.6 is 23.2 Å². The van der Waals surface area contributed by atoms with E-state index in [1.54, 1.807) is 0 Å². The summed E-state index contributed by atoms with van der Waals surface area (Å²) < 4.78 is 5.71. The van der Waals surface area contributed by atoms with Gasteiger partial charge in [-0.2, -0.15) is 0 Å². The average Bonchev–Trinajstić information content (AvgIpc) is 2.80. The van der Waals surface area contributed by atoms with Crippen molar-refractivity contribution in [1.29, 1.82) is 0 Å². The average molecular weight is 307 g/mol. The largest absolute Gasteiger partial charge is 0.490 e. The minimum atomic E-state index is -0.0730. The number of hydrogen-bond donors (Lipinski definition) is 0. The Morgan fingerprint density at radius 2 is 2.05 bits per heavy atom. The summed E-state index contributed by atoms with van der Waals surface area (Å²) in [6, 6.07) is 14.1. The van der Waals surface area contributed by atoms with Gasteiger partial charge in [0, 0.05) is 11.4 Å². The highest BCUT2D eigenvalue weighted by atomic mass is 35.5. The lowest BCUT2D eigenvalue weighted by atomic mass is 10.0. The van der Waals surface area contributed by atoms with Crippen LogP contribution in [-0.4, -0.2) is 6.10 Å². The van der Waals surface area contributed by atoms with E-state index in [0.29, 0.717) is 0 Å². The Balaban J connectivity index is 1.80. The maximum absolute atomic E-state index is 6.55. The fraction of sp³-hybridized carbons (Fsp3) is 0.294. The number of ether oxygens (including phenoxy) is 1. The van der Waals surface area contributed by atoms with Crippen molar-refractivity contribution < 1.29 is 4.74 Å². The van der Waals surface area contributed by atoms with Crippen molar-refractivity contribution in [1.82, 2.24) is 0 Å². The van der Waals surface area contributed by atoms with Gasteiger partial charge in [0.2, 0.25) is 0 Å². The van der Waals surface area contributed by atoms with E-state index in [1.165, 1.54) is 5.56 Å². The maximum Gasteiger partial charge on any atom is 0.123 e. The highest BCUT2D eigenvalue weighted by molar-refractivity contribution is 6.31. The Bertz CT molecular complexity index is 624. The first-order valence-corrected chi connectivity index (χ1v) is 7.62. The molecule has 0 saturated heterocycles. The first-order valence-electron chi connectivity index (χ1n) is 6.80. The van der Waals surface area contributed by atoms with Gasteiger partial charge in [0.05, 0.1) is 5.38 Å². The molecule has 2 aromatic rings. The van der Waals surface area contributed by atoms with Crippen molar-refractivity contribution in [3.05, 3.63) is 64.2 Å². The molecule has 1 aliphatic heterocycles. The van der Waals surface area contributed by atoms with Crippen molar-refractivity contribution in [2.24, 2.45) is 0 Å². The molecule has 1 aliphatic rings. The molecule has 2 atom stereocenters. The molecule has 2 unspecified atom stereocenters. The van der Waals surface area contributed by atoms with Gasteiger partial charge < -0.3 is 4.74 Å². The van der Waals surface area contributed by atoms with E-state index in [9.17, 15) is 0 Å². The van der Waals surface area contributed by atoms with Crippen LogP contribution in [0.25, 0.3) is 0 Å². The van der Waals surface area contributed by atoms with Crippen molar-refractivity contribution >= 4 is 23.2 Å². The van der Waals surface area contributed by atoms with E-state index in [4.69, 9.17) is 27.9 Å². The van der Waals surface area contributed by atoms with Crippen molar-refractivity contribution in [2.75, 3.05) is 0 Å². The summed E-state index contributed by atoms with van der Waals surface area (Å²) in [5.41, 5.74) is 3.46. The van der Waals surface area contributed by atoms with Gasteiger partial charge >= 0.3 is 0 Å². The van der Waals surface area contributed by atoms with Gasteiger partial charge in [0.15, 0.2) is 0 Å². The topological polar surface area (TPSA) is 9.23 Å². The molecule has 0 spiro atoms. The zero-order valence-corrected chi connectivity index (χ0v) is 12.8. The quantitative estimate of drug-likeness (QED) is 0.709. The Hall–Kier alpha value is -1.18. The number of rotatable bonds is 3. The molecule has 1 nitrogen and oxygen atoms in total. The molecule has 2 aromatic carbocycles. The summed E-state index contributed by atoms with van der Waals surface area (Å²) in [5.74, 6) is 0.989. The van der Waals surface area contributed by atoms with E-state index in [1.807, 2.05) is 36.4 Å². The number of hydrogen-bond acceptors (Lipinski definition) is 1. The number of halogens is 2. The molecular formula is C17H16Cl2O. The van der Waals surface area contributed by atoms with Gasteiger partial charge in [-0.05, 0) is 42.2 Å². The van der Waals surface area contributed by atoms with Gasteiger partial charge in [-0.25, -0.2) is 0 Å². The van der Waals surface area contributed by atoms with E-state index in [2.05, 4.69) is 13.0 Å². The number of alkyl halides is 1. The zero-order valence-electron chi connectivity index (χ0n) is 11.3. The molecule has 1 heterocycles. The monoisotopic (exact) mass is 306 g/mol. The number of fused-ring (bicyclic) bond motifs is 1. The Morgan fingerprint density at radius 3 is 2.85 bits per heavy atom. The van der Waals surface area contributed by atoms with Crippen molar-refractivity contribution in [2.45, 2.75) is 31.2 Å². The Kier molecular flexibility index (Phi) is 3.91. The van der Waals surface area contributed by atoms with E-state index in [0.717, 1.165) is 34.7 Å². The highest BCUT2D eigenvalue weighted by Crippen LogP contribution is 2.34. The van der Waals surface area contributed by atoms with E-state index < -0.39 is 0 Å². The number of benzene rings is 2. The van der Waals surface area contributed by atoms with Crippen LogP contribution < -0.4 is 4.74 Å². The van der Waals surface area contributed by atoms with Crippen molar-refractivity contribution in [3.8, 4) is 5.75 Å². The van der Waals surface area contributed by atoms with Crippen LogP contribution in [0.2, 0.25) is 5.02 Å². The molecule has 0 bridgehead atoms. The molecule has 0 aliphatic carbocycles. The molecule has 3 rings (SSSR count). The zero-order chi connectivity index (χ0) is 14.1.